The molecule has 1 aliphatic rings. The van der Waals surface area contributed by atoms with E-state index in [0.717, 1.165) is 11.1 Å². The van der Waals surface area contributed by atoms with Crippen LogP contribution in [0.1, 0.15) is 33.3 Å². The molecule has 1 amide bonds. The Kier molecular flexibility index (Phi) is 4.36. The number of phenolic OH excluding ortho intramolecular Hbond substituents is 1. The molecule has 1 aliphatic heterocycles. The maximum absolute atomic E-state index is 13.3. The zero-order valence-corrected chi connectivity index (χ0v) is 16.1. The molecule has 2 heterocycles. The molecular weight excluding hydrogens is 378 g/mol. The summed E-state index contributed by atoms with van der Waals surface area (Å²) in [5.74, 6) is -0.0589. The standard InChI is InChI=1S/C25H19NO4/c27-18-12-10-17(11-13-18)22-21-23(28)19-8-4-5-9-20(19)30-24(21)25(29)26(22)15-14-16-6-2-1-3-7-16/h1-13,22,27H,14-15H2. The van der Waals surface area contributed by atoms with Gasteiger partial charge in [0.05, 0.1) is 17.0 Å². The number of hydrogen-bond donors (Lipinski definition) is 1. The normalized spacial score (nSPS) is 15.5. The number of amides is 1. The van der Waals surface area contributed by atoms with Gasteiger partial charge in [-0.1, -0.05) is 54.6 Å². The molecule has 0 saturated carbocycles. The second-order valence-corrected chi connectivity index (χ2v) is 7.40. The van der Waals surface area contributed by atoms with Gasteiger partial charge >= 0.3 is 0 Å². The predicted octanol–water partition coefficient (Wildman–Crippen LogP) is 4.29. The molecule has 0 fully saturated rings. The third kappa shape index (κ3) is 2.95. The lowest BCUT2D eigenvalue weighted by molar-refractivity contribution is 0.0730. The summed E-state index contributed by atoms with van der Waals surface area (Å²) in [4.78, 5) is 28.3. The molecular formula is C25H19NO4. The van der Waals surface area contributed by atoms with E-state index in [1.54, 1.807) is 53.4 Å². The molecule has 0 saturated heterocycles. The molecule has 5 rings (SSSR count). The van der Waals surface area contributed by atoms with E-state index < -0.39 is 6.04 Å². The summed E-state index contributed by atoms with van der Waals surface area (Å²) in [6, 6.07) is 22.9. The molecule has 148 valence electrons. The van der Waals surface area contributed by atoms with Crippen LogP contribution in [0.25, 0.3) is 11.0 Å². The first-order valence-corrected chi connectivity index (χ1v) is 9.83. The van der Waals surface area contributed by atoms with Crippen molar-refractivity contribution in [1.82, 2.24) is 4.90 Å². The molecule has 1 atom stereocenters. The molecule has 0 aliphatic carbocycles. The van der Waals surface area contributed by atoms with Crippen LogP contribution in [-0.2, 0) is 6.42 Å². The second kappa shape index (κ2) is 7.19. The average molecular weight is 397 g/mol. The zero-order valence-electron chi connectivity index (χ0n) is 16.1. The van der Waals surface area contributed by atoms with Crippen LogP contribution in [0.15, 0.2) is 88.1 Å². The van der Waals surface area contributed by atoms with Crippen molar-refractivity contribution in [1.29, 1.82) is 0 Å². The molecule has 1 unspecified atom stereocenters. The first kappa shape index (κ1) is 18.2. The highest BCUT2D eigenvalue weighted by molar-refractivity contribution is 5.99. The minimum Gasteiger partial charge on any atom is -0.508 e. The summed E-state index contributed by atoms with van der Waals surface area (Å²) in [7, 11) is 0. The van der Waals surface area contributed by atoms with E-state index >= 15 is 0 Å². The van der Waals surface area contributed by atoms with Gasteiger partial charge in [0.2, 0.25) is 5.76 Å². The average Bonchev–Trinajstić information content (AvgIpc) is 3.06. The zero-order chi connectivity index (χ0) is 20.7. The number of carbonyl (C=O) groups excluding carboxylic acids is 1. The number of phenols is 1. The first-order chi connectivity index (χ1) is 14.6. The largest absolute Gasteiger partial charge is 0.508 e. The molecule has 4 aromatic rings. The Balaban J connectivity index is 1.64. The number of carbonyl (C=O) groups is 1. The van der Waals surface area contributed by atoms with E-state index in [0.29, 0.717) is 29.5 Å². The SMILES string of the molecule is O=C1c2oc3ccccc3c(=O)c2C(c2ccc(O)cc2)N1CCc1ccccc1. The fourth-order valence-corrected chi connectivity index (χ4v) is 4.10. The molecule has 5 nitrogen and oxygen atoms in total. The van der Waals surface area contributed by atoms with Gasteiger partial charge < -0.3 is 14.4 Å². The highest BCUT2D eigenvalue weighted by Gasteiger charge is 2.42. The number of benzene rings is 3. The van der Waals surface area contributed by atoms with Crippen molar-refractivity contribution in [3.05, 3.63) is 112 Å². The number of hydrogen-bond acceptors (Lipinski definition) is 4. The van der Waals surface area contributed by atoms with Gasteiger partial charge in [-0.2, -0.15) is 0 Å². The van der Waals surface area contributed by atoms with E-state index in [1.807, 2.05) is 30.3 Å². The Bertz CT molecular complexity index is 1290. The Morgan fingerprint density at radius 2 is 1.57 bits per heavy atom. The molecule has 0 radical (unpaired) electrons. The second-order valence-electron chi connectivity index (χ2n) is 7.40. The van der Waals surface area contributed by atoms with Gasteiger partial charge in [0.15, 0.2) is 5.43 Å². The van der Waals surface area contributed by atoms with E-state index in [9.17, 15) is 14.7 Å². The maximum Gasteiger partial charge on any atom is 0.290 e. The number of para-hydroxylation sites is 1. The summed E-state index contributed by atoms with van der Waals surface area (Å²) < 4.78 is 5.91. The quantitative estimate of drug-likeness (QED) is 0.558. The third-order valence-corrected chi connectivity index (χ3v) is 5.57. The van der Waals surface area contributed by atoms with Crippen LogP contribution in [0.2, 0.25) is 0 Å². The molecule has 5 heteroatoms. The molecule has 3 aromatic carbocycles. The summed E-state index contributed by atoms with van der Waals surface area (Å²) in [6.45, 7) is 0.439. The van der Waals surface area contributed by atoms with Gasteiger partial charge in [-0.3, -0.25) is 9.59 Å². The van der Waals surface area contributed by atoms with Gasteiger partial charge in [0.25, 0.3) is 5.91 Å². The number of nitrogens with zero attached hydrogens (tertiary/aromatic N) is 1. The van der Waals surface area contributed by atoms with Gasteiger partial charge in [0, 0.05) is 6.54 Å². The molecule has 30 heavy (non-hydrogen) atoms. The van der Waals surface area contributed by atoms with Crippen molar-refractivity contribution in [2.45, 2.75) is 12.5 Å². The van der Waals surface area contributed by atoms with E-state index in [4.69, 9.17) is 4.42 Å². The molecule has 1 N–H and O–H groups in total. The van der Waals surface area contributed by atoms with Crippen LogP contribution in [0.5, 0.6) is 5.75 Å². The predicted molar refractivity (Wildman–Crippen MR) is 114 cm³/mol. The van der Waals surface area contributed by atoms with Gasteiger partial charge in [0.1, 0.15) is 11.3 Å². The number of rotatable bonds is 4. The summed E-state index contributed by atoms with van der Waals surface area (Å²) in [5, 5.41) is 10.2. The summed E-state index contributed by atoms with van der Waals surface area (Å²) in [5.41, 5.74) is 2.44. The number of fused-ring (bicyclic) bond motifs is 2. The van der Waals surface area contributed by atoms with Gasteiger partial charge in [-0.15, -0.1) is 0 Å². The van der Waals surface area contributed by atoms with Crippen LogP contribution in [0.4, 0.5) is 0 Å². The Hall–Kier alpha value is -3.86. The van der Waals surface area contributed by atoms with Gasteiger partial charge in [-0.05, 0) is 41.8 Å². The summed E-state index contributed by atoms with van der Waals surface area (Å²) >= 11 is 0. The lowest BCUT2D eigenvalue weighted by atomic mass is 9.98. The van der Waals surface area contributed by atoms with Crippen molar-refractivity contribution >= 4 is 16.9 Å². The monoisotopic (exact) mass is 397 g/mol. The van der Waals surface area contributed by atoms with Crippen LogP contribution >= 0.6 is 0 Å². The van der Waals surface area contributed by atoms with Crippen LogP contribution in [0.3, 0.4) is 0 Å². The summed E-state index contributed by atoms with van der Waals surface area (Å²) in [6.07, 6.45) is 0.656. The minimum atomic E-state index is -0.558. The van der Waals surface area contributed by atoms with Crippen LogP contribution in [-0.4, -0.2) is 22.5 Å². The van der Waals surface area contributed by atoms with Crippen LogP contribution < -0.4 is 5.43 Å². The van der Waals surface area contributed by atoms with Crippen molar-refractivity contribution in [2.75, 3.05) is 6.54 Å². The Morgan fingerprint density at radius 1 is 0.867 bits per heavy atom. The molecule has 0 bridgehead atoms. The number of aromatic hydroxyl groups is 1. The lowest BCUT2D eigenvalue weighted by Crippen LogP contribution is -2.31. The highest BCUT2D eigenvalue weighted by atomic mass is 16.3. The fourth-order valence-electron chi connectivity index (χ4n) is 4.10. The lowest BCUT2D eigenvalue weighted by Gasteiger charge is -2.25. The van der Waals surface area contributed by atoms with Crippen molar-refractivity contribution in [2.24, 2.45) is 0 Å². The van der Waals surface area contributed by atoms with E-state index in [-0.39, 0.29) is 22.8 Å². The smallest absolute Gasteiger partial charge is 0.290 e. The Labute approximate surface area is 172 Å². The van der Waals surface area contributed by atoms with Crippen molar-refractivity contribution in [3.63, 3.8) is 0 Å². The van der Waals surface area contributed by atoms with E-state index in [1.165, 1.54) is 0 Å². The fraction of sp³-hybridized carbons (Fsp3) is 0.120. The maximum atomic E-state index is 13.3. The Morgan fingerprint density at radius 3 is 2.33 bits per heavy atom. The molecule has 0 spiro atoms. The first-order valence-electron chi connectivity index (χ1n) is 9.83. The molecule has 1 aromatic heterocycles. The van der Waals surface area contributed by atoms with E-state index in [2.05, 4.69) is 0 Å². The highest BCUT2D eigenvalue weighted by Crippen LogP contribution is 2.38. The van der Waals surface area contributed by atoms with Gasteiger partial charge in [-0.25, -0.2) is 0 Å². The van der Waals surface area contributed by atoms with Crippen LogP contribution in [0, 0.1) is 0 Å². The topological polar surface area (TPSA) is 70.8 Å². The van der Waals surface area contributed by atoms with Crippen molar-refractivity contribution in [3.8, 4) is 5.75 Å². The third-order valence-electron chi connectivity index (χ3n) is 5.57. The minimum absolute atomic E-state index is 0.102. The van der Waals surface area contributed by atoms with Crippen molar-refractivity contribution < 1.29 is 14.3 Å².